The highest BCUT2D eigenvalue weighted by atomic mass is 35.5. The Morgan fingerprint density at radius 1 is 0.950 bits per heavy atom. The van der Waals surface area contributed by atoms with Gasteiger partial charge in [0, 0.05) is 22.5 Å². The second-order valence-corrected chi connectivity index (χ2v) is 12.1. The van der Waals surface area contributed by atoms with E-state index in [1.54, 1.807) is 30.3 Å². The molecule has 0 saturated carbocycles. The number of halogens is 1. The number of amides is 1. The summed E-state index contributed by atoms with van der Waals surface area (Å²) in [7, 11) is 0. The fraction of sp³-hybridized carbons (Fsp3) is 0.182. The molecule has 0 aliphatic carbocycles. The first-order valence-electron chi connectivity index (χ1n) is 13.2. The summed E-state index contributed by atoms with van der Waals surface area (Å²) < 4.78 is 0. The predicted octanol–water partition coefficient (Wildman–Crippen LogP) is 6.96. The van der Waals surface area contributed by atoms with Gasteiger partial charge in [-0.15, -0.1) is 11.3 Å². The predicted molar refractivity (Wildman–Crippen MR) is 160 cm³/mol. The molecule has 4 heterocycles. The first kappa shape index (κ1) is 25.0. The molecule has 4 aromatic rings. The number of carbonyl (C=O) groups excluding carboxylic acids is 3. The van der Waals surface area contributed by atoms with E-state index in [9.17, 15) is 14.4 Å². The van der Waals surface area contributed by atoms with Gasteiger partial charge in [-0.1, -0.05) is 65.7 Å². The summed E-state index contributed by atoms with van der Waals surface area (Å²) in [6, 6.07) is 22.6. The van der Waals surface area contributed by atoms with Crippen molar-refractivity contribution in [1.82, 2.24) is 0 Å². The summed E-state index contributed by atoms with van der Waals surface area (Å²) in [4.78, 5) is 46.3. The van der Waals surface area contributed by atoms with E-state index < -0.39 is 23.4 Å². The van der Waals surface area contributed by atoms with Gasteiger partial charge in [0.25, 0.3) is 0 Å². The summed E-state index contributed by atoms with van der Waals surface area (Å²) in [5.41, 5.74) is 4.27. The largest absolute Gasteiger partial charge is 0.352 e. The van der Waals surface area contributed by atoms with Crippen molar-refractivity contribution in [2.75, 3.05) is 10.2 Å². The number of para-hydroxylation sites is 1. The van der Waals surface area contributed by atoms with Crippen LogP contribution in [0.25, 0.3) is 5.57 Å². The molecule has 3 aromatic carbocycles. The van der Waals surface area contributed by atoms with E-state index in [2.05, 4.69) is 17.5 Å². The van der Waals surface area contributed by atoms with Crippen molar-refractivity contribution in [3.8, 4) is 0 Å². The Labute approximate surface area is 241 Å². The van der Waals surface area contributed by atoms with Crippen LogP contribution in [0.4, 0.5) is 11.4 Å². The third kappa shape index (κ3) is 3.30. The molecule has 40 heavy (non-hydrogen) atoms. The van der Waals surface area contributed by atoms with Crippen molar-refractivity contribution in [3.05, 3.63) is 122 Å². The lowest BCUT2D eigenvalue weighted by Crippen LogP contribution is -2.51. The minimum atomic E-state index is -1.35. The molecule has 3 aliphatic rings. The van der Waals surface area contributed by atoms with Crippen molar-refractivity contribution in [1.29, 1.82) is 0 Å². The Bertz CT molecular complexity index is 1760. The number of hydrogen-bond donors (Lipinski definition) is 1. The standard InChI is InChI=1S/C33H25ClN2O3S/c1-18-13-14-25-21(16-18)19(2)17-27-33(22-9-4-6-11-24(22)35-32(33)39)28(30(37)20-8-3-5-10-23(20)34)29(36(25)27)31(38)26-12-7-15-40-26/h3-17,27-29H,1-2H3,(H,35,39)/t27-,28+,29-,33+/m0/s1. The number of carbonyl (C=O) groups is 3. The first-order valence-corrected chi connectivity index (χ1v) is 14.4. The van der Waals surface area contributed by atoms with Crippen LogP contribution in [-0.2, 0) is 10.2 Å². The number of fused-ring (bicyclic) bond motifs is 6. The van der Waals surface area contributed by atoms with Crippen LogP contribution in [0.2, 0.25) is 5.02 Å². The quantitative estimate of drug-likeness (QED) is 0.272. The van der Waals surface area contributed by atoms with Crippen LogP contribution in [0.3, 0.4) is 0 Å². The number of nitrogens with zero attached hydrogens (tertiary/aromatic N) is 1. The van der Waals surface area contributed by atoms with Gasteiger partial charge in [-0.05, 0) is 66.8 Å². The van der Waals surface area contributed by atoms with Gasteiger partial charge >= 0.3 is 0 Å². The van der Waals surface area contributed by atoms with Crippen molar-refractivity contribution in [2.24, 2.45) is 5.92 Å². The van der Waals surface area contributed by atoms with Gasteiger partial charge in [0.05, 0.1) is 21.9 Å². The highest BCUT2D eigenvalue weighted by Gasteiger charge is 2.70. The maximum Gasteiger partial charge on any atom is 0.238 e. The minimum absolute atomic E-state index is 0.182. The van der Waals surface area contributed by atoms with Gasteiger partial charge in [0.1, 0.15) is 11.5 Å². The highest BCUT2D eigenvalue weighted by molar-refractivity contribution is 7.12. The van der Waals surface area contributed by atoms with Gasteiger partial charge in [-0.25, -0.2) is 0 Å². The molecule has 1 amide bonds. The molecule has 1 N–H and O–H groups in total. The fourth-order valence-corrected chi connectivity index (χ4v) is 7.87. The zero-order chi connectivity index (χ0) is 27.8. The maximum absolute atomic E-state index is 14.8. The van der Waals surface area contributed by atoms with E-state index in [-0.39, 0.29) is 17.5 Å². The zero-order valence-electron chi connectivity index (χ0n) is 21.9. The van der Waals surface area contributed by atoms with Crippen molar-refractivity contribution in [2.45, 2.75) is 31.3 Å². The van der Waals surface area contributed by atoms with Crippen LogP contribution in [0.15, 0.2) is 90.3 Å². The summed E-state index contributed by atoms with van der Waals surface area (Å²) >= 11 is 7.94. The van der Waals surface area contributed by atoms with Crippen LogP contribution in [0, 0.1) is 12.8 Å². The van der Waals surface area contributed by atoms with Gasteiger partial charge in [0.2, 0.25) is 5.91 Å². The number of hydrogen-bond acceptors (Lipinski definition) is 5. The molecule has 1 saturated heterocycles. The topological polar surface area (TPSA) is 66.5 Å². The normalized spacial score (nSPS) is 24.3. The lowest BCUT2D eigenvalue weighted by molar-refractivity contribution is -0.121. The average molecular weight is 565 g/mol. The number of nitrogens with one attached hydrogen (secondary N) is 1. The highest BCUT2D eigenvalue weighted by Crippen LogP contribution is 2.59. The molecule has 1 spiro atoms. The number of benzene rings is 3. The fourth-order valence-electron chi connectivity index (χ4n) is 6.94. The average Bonchev–Trinajstić information content (AvgIpc) is 3.66. The van der Waals surface area contributed by atoms with Gasteiger partial charge in [0.15, 0.2) is 11.6 Å². The van der Waals surface area contributed by atoms with E-state index in [1.807, 2.05) is 66.6 Å². The second-order valence-electron chi connectivity index (χ2n) is 10.7. The van der Waals surface area contributed by atoms with Gasteiger partial charge < -0.3 is 10.2 Å². The van der Waals surface area contributed by atoms with Gasteiger partial charge in [-0.2, -0.15) is 0 Å². The lowest BCUT2D eigenvalue weighted by Gasteiger charge is -2.39. The van der Waals surface area contributed by atoms with E-state index in [4.69, 9.17) is 11.6 Å². The minimum Gasteiger partial charge on any atom is -0.352 e. The molecule has 1 aromatic heterocycles. The number of rotatable bonds is 4. The van der Waals surface area contributed by atoms with E-state index in [0.717, 1.165) is 28.0 Å². The smallest absolute Gasteiger partial charge is 0.238 e. The Morgan fingerprint density at radius 3 is 2.50 bits per heavy atom. The van der Waals surface area contributed by atoms with E-state index in [1.165, 1.54) is 11.3 Å². The molecular weight excluding hydrogens is 540 g/mol. The van der Waals surface area contributed by atoms with Crippen molar-refractivity contribution < 1.29 is 14.4 Å². The Kier molecular flexibility index (Phi) is 5.63. The molecule has 5 nitrogen and oxygen atoms in total. The molecule has 7 heteroatoms. The number of allylic oxidation sites excluding steroid dienone is 1. The number of ketones is 2. The molecule has 0 radical (unpaired) electrons. The molecule has 198 valence electrons. The van der Waals surface area contributed by atoms with Crippen LogP contribution in [-0.4, -0.2) is 29.6 Å². The molecule has 7 rings (SSSR count). The summed E-state index contributed by atoms with van der Waals surface area (Å²) in [5.74, 6) is -1.82. The Morgan fingerprint density at radius 2 is 1.73 bits per heavy atom. The van der Waals surface area contributed by atoms with Crippen molar-refractivity contribution >= 4 is 57.4 Å². The molecule has 1 fully saturated rings. The van der Waals surface area contributed by atoms with Crippen LogP contribution in [0.1, 0.15) is 43.6 Å². The second kappa shape index (κ2) is 9.01. The van der Waals surface area contributed by atoms with Crippen LogP contribution < -0.4 is 10.2 Å². The molecule has 0 unspecified atom stereocenters. The summed E-state index contributed by atoms with van der Waals surface area (Å²) in [6.07, 6.45) is 2.07. The number of anilines is 2. The molecule has 3 aliphatic heterocycles. The SMILES string of the molecule is CC1=C[C@@H]2N(c3ccc(C)cc31)[C@H](C(=O)c1cccs1)[C@H](C(=O)c1ccccc1Cl)[C@]21C(=O)Nc2ccccc21. The number of thiophene rings is 1. The van der Waals surface area contributed by atoms with Crippen LogP contribution >= 0.6 is 22.9 Å². The monoisotopic (exact) mass is 564 g/mol. The zero-order valence-corrected chi connectivity index (χ0v) is 23.4. The Hall–Kier alpha value is -4.00. The third-order valence-corrected chi connectivity index (χ3v) is 9.80. The summed E-state index contributed by atoms with van der Waals surface area (Å²) in [5, 5.41) is 5.22. The molecule has 0 bridgehead atoms. The van der Waals surface area contributed by atoms with Crippen molar-refractivity contribution in [3.63, 3.8) is 0 Å². The van der Waals surface area contributed by atoms with Gasteiger partial charge in [-0.3, -0.25) is 14.4 Å². The molecule has 4 atom stereocenters. The van der Waals surface area contributed by atoms with E-state index in [0.29, 0.717) is 21.2 Å². The molecular formula is C33H25ClN2O3S. The third-order valence-electron chi connectivity index (χ3n) is 8.59. The number of aryl methyl sites for hydroxylation is 1. The lowest BCUT2D eigenvalue weighted by atomic mass is 9.64. The first-order chi connectivity index (χ1) is 19.3. The van der Waals surface area contributed by atoms with E-state index >= 15 is 0 Å². The van der Waals surface area contributed by atoms with Crippen LogP contribution in [0.5, 0.6) is 0 Å². The Balaban J connectivity index is 1.58. The maximum atomic E-state index is 14.8. The number of Topliss-reactive ketones (excluding diaryl/α,β-unsaturated/α-hetero) is 2. The summed E-state index contributed by atoms with van der Waals surface area (Å²) in [6.45, 7) is 4.06.